The summed E-state index contributed by atoms with van der Waals surface area (Å²) in [5.41, 5.74) is 1.44. The van der Waals surface area contributed by atoms with Gasteiger partial charge in [-0.05, 0) is 42.7 Å². The average Bonchev–Trinajstić information content (AvgIpc) is 2.77. The molecule has 2 aromatic carbocycles. The summed E-state index contributed by atoms with van der Waals surface area (Å²) in [4.78, 5) is 24.7. The van der Waals surface area contributed by atoms with Crippen LogP contribution in [0.1, 0.15) is 48.0 Å². The lowest BCUT2D eigenvalue weighted by Gasteiger charge is -2.20. The van der Waals surface area contributed by atoms with Gasteiger partial charge in [0.25, 0.3) is 5.91 Å². The number of rotatable bonds is 8. The van der Waals surface area contributed by atoms with Gasteiger partial charge in [0.15, 0.2) is 0 Å². The zero-order valence-electron chi connectivity index (χ0n) is 16.5. The van der Waals surface area contributed by atoms with Crippen LogP contribution in [0.25, 0.3) is 0 Å². The fourth-order valence-corrected chi connectivity index (χ4v) is 3.61. The van der Waals surface area contributed by atoms with Crippen molar-refractivity contribution in [2.45, 2.75) is 38.7 Å². The van der Waals surface area contributed by atoms with Gasteiger partial charge in [-0.3, -0.25) is 9.59 Å². The second-order valence-corrected chi connectivity index (χ2v) is 7.73. The summed E-state index contributed by atoms with van der Waals surface area (Å²) in [6.07, 6.45) is 5.41. The van der Waals surface area contributed by atoms with Gasteiger partial charge >= 0.3 is 0 Å². The topological polar surface area (TPSA) is 67.4 Å². The third kappa shape index (κ3) is 6.50. The van der Waals surface area contributed by atoms with E-state index in [2.05, 4.69) is 10.6 Å². The van der Waals surface area contributed by atoms with Gasteiger partial charge in [-0.2, -0.15) is 0 Å². The van der Waals surface area contributed by atoms with Crippen LogP contribution in [0.3, 0.4) is 0 Å². The summed E-state index contributed by atoms with van der Waals surface area (Å²) in [7, 11) is 0. The van der Waals surface area contributed by atoms with Crippen molar-refractivity contribution in [2.75, 3.05) is 13.1 Å². The van der Waals surface area contributed by atoms with Crippen molar-refractivity contribution >= 4 is 23.4 Å². The van der Waals surface area contributed by atoms with Crippen LogP contribution in [0.2, 0.25) is 5.02 Å². The highest BCUT2D eigenvalue weighted by atomic mass is 35.5. The van der Waals surface area contributed by atoms with E-state index in [0.29, 0.717) is 36.0 Å². The lowest BCUT2D eigenvalue weighted by atomic mass is 9.89. The quantitative estimate of drug-likeness (QED) is 0.631. The lowest BCUT2D eigenvalue weighted by molar-refractivity contribution is -0.125. The number of hydrogen-bond acceptors (Lipinski definition) is 3. The molecule has 0 aromatic heterocycles. The molecule has 29 heavy (non-hydrogen) atoms. The number of nitrogens with one attached hydrogen (secondary N) is 2. The number of hydrogen-bond donors (Lipinski definition) is 2. The molecule has 1 saturated carbocycles. The van der Waals surface area contributed by atoms with E-state index in [0.717, 1.165) is 31.2 Å². The first-order chi connectivity index (χ1) is 14.1. The maximum atomic E-state index is 12.5. The molecule has 3 rings (SSSR count). The molecule has 0 saturated heterocycles. The molecule has 1 aliphatic rings. The van der Waals surface area contributed by atoms with Crippen LogP contribution >= 0.6 is 11.6 Å². The van der Waals surface area contributed by atoms with Crippen molar-refractivity contribution in [3.63, 3.8) is 0 Å². The van der Waals surface area contributed by atoms with Crippen LogP contribution in [0.4, 0.5) is 0 Å². The molecule has 2 aromatic rings. The van der Waals surface area contributed by atoms with Gasteiger partial charge in [0.2, 0.25) is 5.91 Å². The van der Waals surface area contributed by atoms with E-state index in [-0.39, 0.29) is 17.7 Å². The number of amides is 2. The summed E-state index contributed by atoms with van der Waals surface area (Å²) >= 11 is 5.90. The number of ether oxygens (including phenoxy) is 1. The van der Waals surface area contributed by atoms with Gasteiger partial charge in [-0.15, -0.1) is 0 Å². The third-order valence-corrected chi connectivity index (χ3v) is 5.38. The van der Waals surface area contributed by atoms with Crippen LogP contribution in [-0.2, 0) is 11.4 Å². The smallest absolute Gasteiger partial charge is 0.255 e. The fraction of sp³-hybridized carbons (Fsp3) is 0.391. The molecular formula is C23H27ClN2O3. The van der Waals surface area contributed by atoms with Crippen molar-refractivity contribution in [3.05, 3.63) is 64.7 Å². The minimum atomic E-state index is -0.219. The zero-order chi connectivity index (χ0) is 20.5. The van der Waals surface area contributed by atoms with Crippen LogP contribution in [0.5, 0.6) is 5.75 Å². The molecule has 1 aliphatic carbocycles. The molecule has 6 heteroatoms. The van der Waals surface area contributed by atoms with Gasteiger partial charge in [-0.1, -0.05) is 55.1 Å². The first-order valence-corrected chi connectivity index (χ1v) is 10.5. The minimum Gasteiger partial charge on any atom is -0.488 e. The molecule has 0 aliphatic heterocycles. The predicted molar refractivity (Wildman–Crippen MR) is 114 cm³/mol. The first-order valence-electron chi connectivity index (χ1n) is 10.2. The zero-order valence-corrected chi connectivity index (χ0v) is 17.2. The Balaban J connectivity index is 1.46. The van der Waals surface area contributed by atoms with Crippen LogP contribution in [-0.4, -0.2) is 24.9 Å². The predicted octanol–water partition coefficient (Wildman–Crippen LogP) is 4.35. The monoisotopic (exact) mass is 414 g/mol. The Bertz CT molecular complexity index is 817. The van der Waals surface area contributed by atoms with Gasteiger partial charge in [0.1, 0.15) is 12.4 Å². The molecule has 5 nitrogen and oxygen atoms in total. The van der Waals surface area contributed by atoms with Gasteiger partial charge < -0.3 is 15.4 Å². The van der Waals surface area contributed by atoms with Gasteiger partial charge in [0.05, 0.1) is 5.56 Å². The number of halogens is 1. The van der Waals surface area contributed by atoms with Crippen LogP contribution in [0, 0.1) is 5.92 Å². The lowest BCUT2D eigenvalue weighted by Crippen LogP contribution is -2.38. The summed E-state index contributed by atoms with van der Waals surface area (Å²) in [5.74, 6) is 0.530. The molecule has 2 N–H and O–H groups in total. The number of carbonyl (C=O) groups excluding carboxylic acids is 2. The third-order valence-electron chi connectivity index (χ3n) is 5.13. The highest BCUT2D eigenvalue weighted by Gasteiger charge is 2.20. The molecule has 1 fully saturated rings. The fourth-order valence-electron chi connectivity index (χ4n) is 3.49. The standard InChI is InChI=1S/C23H27ClN2O3/c24-19-12-10-17(11-13-19)16-29-21-9-5-4-8-20(21)23(28)26-15-14-25-22(27)18-6-2-1-3-7-18/h4-5,8-13,18H,1-3,6-7,14-16H2,(H,25,27)(H,26,28). The molecule has 0 bridgehead atoms. The maximum absolute atomic E-state index is 12.5. The molecule has 0 unspecified atom stereocenters. The van der Waals surface area contributed by atoms with E-state index in [1.807, 2.05) is 18.2 Å². The van der Waals surface area contributed by atoms with Crippen LogP contribution < -0.4 is 15.4 Å². The summed E-state index contributed by atoms with van der Waals surface area (Å²) in [6, 6.07) is 14.5. The Morgan fingerprint density at radius 1 is 0.931 bits per heavy atom. The van der Waals surface area contributed by atoms with E-state index in [9.17, 15) is 9.59 Å². The molecule has 0 radical (unpaired) electrons. The molecule has 0 atom stereocenters. The normalized spacial score (nSPS) is 14.2. The van der Waals surface area contributed by atoms with Crippen molar-refractivity contribution in [2.24, 2.45) is 5.92 Å². The first kappa shape index (κ1) is 21.2. The SMILES string of the molecule is O=C(NCCNC(=O)C1CCCCC1)c1ccccc1OCc1ccc(Cl)cc1. The second-order valence-electron chi connectivity index (χ2n) is 7.29. The van der Waals surface area contributed by atoms with E-state index >= 15 is 0 Å². The van der Waals surface area contributed by atoms with E-state index in [1.54, 1.807) is 30.3 Å². The van der Waals surface area contributed by atoms with Gasteiger partial charge in [0, 0.05) is 24.0 Å². The molecular weight excluding hydrogens is 388 g/mol. The van der Waals surface area contributed by atoms with Crippen molar-refractivity contribution in [1.82, 2.24) is 10.6 Å². The van der Waals surface area contributed by atoms with Crippen LogP contribution in [0.15, 0.2) is 48.5 Å². The maximum Gasteiger partial charge on any atom is 0.255 e. The largest absolute Gasteiger partial charge is 0.488 e. The van der Waals surface area contributed by atoms with E-state index in [4.69, 9.17) is 16.3 Å². The number of benzene rings is 2. The number of carbonyl (C=O) groups is 2. The summed E-state index contributed by atoms with van der Waals surface area (Å²) < 4.78 is 5.83. The molecule has 0 spiro atoms. The Morgan fingerprint density at radius 3 is 2.38 bits per heavy atom. The van der Waals surface area contributed by atoms with Crippen molar-refractivity contribution < 1.29 is 14.3 Å². The van der Waals surface area contributed by atoms with E-state index in [1.165, 1.54) is 6.42 Å². The Kier molecular flexibility index (Phi) is 7.94. The summed E-state index contributed by atoms with van der Waals surface area (Å²) in [6.45, 7) is 1.15. The highest BCUT2D eigenvalue weighted by molar-refractivity contribution is 6.30. The average molecular weight is 415 g/mol. The summed E-state index contributed by atoms with van der Waals surface area (Å²) in [5, 5.41) is 6.45. The Labute approximate surface area is 176 Å². The molecule has 154 valence electrons. The highest BCUT2D eigenvalue weighted by Crippen LogP contribution is 2.23. The molecule has 0 heterocycles. The number of para-hydroxylation sites is 1. The minimum absolute atomic E-state index is 0.102. The molecule has 2 amide bonds. The van der Waals surface area contributed by atoms with E-state index < -0.39 is 0 Å². The second kappa shape index (κ2) is 10.9. The van der Waals surface area contributed by atoms with Crippen molar-refractivity contribution in [3.8, 4) is 5.75 Å². The van der Waals surface area contributed by atoms with Crippen molar-refractivity contribution in [1.29, 1.82) is 0 Å². The van der Waals surface area contributed by atoms with Gasteiger partial charge in [-0.25, -0.2) is 0 Å². The Hall–Kier alpha value is -2.53. The Morgan fingerprint density at radius 2 is 1.62 bits per heavy atom.